The molecule has 1 aliphatic heterocycles. The fourth-order valence-corrected chi connectivity index (χ4v) is 3.61. The molecule has 1 N–H and O–H groups in total. The van der Waals surface area contributed by atoms with Crippen LogP contribution in [0.4, 0.5) is 5.13 Å². The summed E-state index contributed by atoms with van der Waals surface area (Å²) in [6, 6.07) is 7.16. The summed E-state index contributed by atoms with van der Waals surface area (Å²) in [6.07, 6.45) is 3.22. The molecule has 1 saturated heterocycles. The Kier molecular flexibility index (Phi) is 6.46. The van der Waals surface area contributed by atoms with Gasteiger partial charge < -0.3 is 9.47 Å². The van der Waals surface area contributed by atoms with E-state index in [9.17, 15) is 4.79 Å². The lowest BCUT2D eigenvalue weighted by molar-refractivity contribution is -0.122. The predicted molar refractivity (Wildman–Crippen MR) is 103 cm³/mol. The van der Waals surface area contributed by atoms with Crippen molar-refractivity contribution in [2.75, 3.05) is 25.5 Å². The summed E-state index contributed by atoms with van der Waals surface area (Å²) in [5.74, 6) is 1.16. The number of thiazole rings is 1. The van der Waals surface area contributed by atoms with E-state index in [1.807, 2.05) is 5.38 Å². The average Bonchev–Trinajstić information content (AvgIpc) is 3.10. The quantitative estimate of drug-likeness (QED) is 0.802. The van der Waals surface area contributed by atoms with E-state index < -0.39 is 6.10 Å². The van der Waals surface area contributed by atoms with Crippen molar-refractivity contribution in [3.05, 3.63) is 35.3 Å². The van der Waals surface area contributed by atoms with Gasteiger partial charge in [-0.2, -0.15) is 0 Å². The van der Waals surface area contributed by atoms with Crippen molar-refractivity contribution < 1.29 is 14.3 Å². The molecule has 0 spiro atoms. The summed E-state index contributed by atoms with van der Waals surface area (Å²) >= 11 is 1.45. The van der Waals surface area contributed by atoms with E-state index in [-0.39, 0.29) is 5.91 Å². The van der Waals surface area contributed by atoms with E-state index in [0.717, 1.165) is 31.1 Å². The smallest absolute Gasteiger partial charge is 0.266 e. The molecule has 140 valence electrons. The van der Waals surface area contributed by atoms with Crippen molar-refractivity contribution in [2.45, 2.75) is 38.8 Å². The number of piperidine rings is 1. The Hall–Kier alpha value is -2.12. The molecule has 1 amide bonds. The number of nitrogens with zero attached hydrogens (tertiary/aromatic N) is 2. The molecule has 0 bridgehead atoms. The van der Waals surface area contributed by atoms with E-state index in [1.54, 1.807) is 38.3 Å². The number of anilines is 1. The Balaban J connectivity index is 1.50. The maximum Gasteiger partial charge on any atom is 0.266 e. The minimum Gasteiger partial charge on any atom is -0.497 e. The molecule has 1 fully saturated rings. The van der Waals surface area contributed by atoms with Gasteiger partial charge in [0.1, 0.15) is 11.5 Å². The summed E-state index contributed by atoms with van der Waals surface area (Å²) in [5, 5.41) is 5.47. The highest BCUT2D eigenvalue weighted by molar-refractivity contribution is 7.13. The van der Waals surface area contributed by atoms with Gasteiger partial charge in [-0.05, 0) is 57.1 Å². The highest BCUT2D eigenvalue weighted by Crippen LogP contribution is 2.21. The number of carbonyl (C=O) groups is 1. The fourth-order valence-electron chi connectivity index (χ4n) is 2.90. The van der Waals surface area contributed by atoms with Crippen LogP contribution in [0.1, 0.15) is 31.9 Å². The monoisotopic (exact) mass is 375 g/mol. The van der Waals surface area contributed by atoms with Crippen LogP contribution in [0.2, 0.25) is 0 Å². The molecule has 7 heteroatoms. The Labute approximate surface area is 158 Å². The van der Waals surface area contributed by atoms with Gasteiger partial charge in [0.25, 0.3) is 5.91 Å². The lowest BCUT2D eigenvalue weighted by Gasteiger charge is -2.25. The Bertz CT molecular complexity index is 711. The lowest BCUT2D eigenvalue weighted by atomic mass is 10.1. The van der Waals surface area contributed by atoms with Crippen LogP contribution in [-0.2, 0) is 11.3 Å². The molecular weight excluding hydrogens is 350 g/mol. The normalized spacial score (nSPS) is 16.1. The van der Waals surface area contributed by atoms with Crippen molar-refractivity contribution >= 4 is 22.4 Å². The zero-order valence-electron chi connectivity index (χ0n) is 15.2. The first-order valence-electron chi connectivity index (χ1n) is 8.92. The Morgan fingerprint density at radius 1 is 1.23 bits per heavy atom. The largest absolute Gasteiger partial charge is 0.497 e. The maximum atomic E-state index is 12.3. The topological polar surface area (TPSA) is 63.7 Å². The molecule has 3 rings (SSSR count). The molecule has 1 atom stereocenters. The second-order valence-corrected chi connectivity index (χ2v) is 7.26. The van der Waals surface area contributed by atoms with E-state index in [4.69, 9.17) is 9.47 Å². The Morgan fingerprint density at radius 2 is 1.92 bits per heavy atom. The number of carbonyl (C=O) groups excluding carboxylic acids is 1. The number of ether oxygens (including phenoxy) is 2. The number of benzene rings is 1. The predicted octanol–water partition coefficient (Wildman–Crippen LogP) is 3.54. The summed E-state index contributed by atoms with van der Waals surface area (Å²) < 4.78 is 10.8. The molecule has 1 aromatic carbocycles. The summed E-state index contributed by atoms with van der Waals surface area (Å²) in [7, 11) is 1.61. The zero-order valence-corrected chi connectivity index (χ0v) is 16.1. The van der Waals surface area contributed by atoms with Crippen LogP contribution in [0.5, 0.6) is 11.5 Å². The summed E-state index contributed by atoms with van der Waals surface area (Å²) in [4.78, 5) is 19.3. The average molecular weight is 375 g/mol. The van der Waals surface area contributed by atoms with E-state index in [1.165, 1.54) is 30.6 Å². The van der Waals surface area contributed by atoms with Crippen molar-refractivity contribution in [1.29, 1.82) is 0 Å². The highest BCUT2D eigenvalue weighted by atomic mass is 32.1. The third-order valence-electron chi connectivity index (χ3n) is 4.36. The summed E-state index contributed by atoms with van der Waals surface area (Å²) in [6.45, 7) is 4.84. The first-order chi connectivity index (χ1) is 12.6. The van der Waals surface area contributed by atoms with Crippen LogP contribution in [-0.4, -0.2) is 42.1 Å². The van der Waals surface area contributed by atoms with E-state index in [2.05, 4.69) is 15.2 Å². The molecule has 1 aliphatic rings. The molecule has 26 heavy (non-hydrogen) atoms. The minimum absolute atomic E-state index is 0.209. The van der Waals surface area contributed by atoms with Gasteiger partial charge in [-0.1, -0.05) is 6.42 Å². The van der Waals surface area contributed by atoms with Gasteiger partial charge in [0.2, 0.25) is 0 Å². The van der Waals surface area contributed by atoms with Gasteiger partial charge in [-0.15, -0.1) is 11.3 Å². The number of likely N-dealkylation sites (tertiary alicyclic amines) is 1. The van der Waals surface area contributed by atoms with Gasteiger partial charge >= 0.3 is 0 Å². The molecular formula is C19H25N3O3S. The lowest BCUT2D eigenvalue weighted by Crippen LogP contribution is -2.30. The molecule has 2 aromatic rings. The number of amides is 1. The van der Waals surface area contributed by atoms with Crippen molar-refractivity contribution in [3.8, 4) is 11.5 Å². The fraction of sp³-hybridized carbons (Fsp3) is 0.474. The minimum atomic E-state index is -0.613. The van der Waals surface area contributed by atoms with Crippen LogP contribution in [0.15, 0.2) is 29.6 Å². The molecule has 1 aromatic heterocycles. The van der Waals surface area contributed by atoms with Crippen LogP contribution < -0.4 is 14.8 Å². The molecule has 1 unspecified atom stereocenters. The first-order valence-corrected chi connectivity index (χ1v) is 9.80. The van der Waals surface area contributed by atoms with Gasteiger partial charge in [-0.3, -0.25) is 15.0 Å². The third kappa shape index (κ3) is 5.19. The van der Waals surface area contributed by atoms with Crippen LogP contribution >= 0.6 is 11.3 Å². The molecule has 0 radical (unpaired) electrons. The number of rotatable bonds is 7. The number of nitrogens with one attached hydrogen (secondary N) is 1. The van der Waals surface area contributed by atoms with E-state index >= 15 is 0 Å². The van der Waals surface area contributed by atoms with E-state index in [0.29, 0.717) is 10.9 Å². The van der Waals surface area contributed by atoms with Gasteiger partial charge in [0.05, 0.1) is 12.8 Å². The molecule has 0 aliphatic carbocycles. The van der Waals surface area contributed by atoms with Gasteiger partial charge in [-0.25, -0.2) is 4.98 Å². The zero-order chi connectivity index (χ0) is 18.4. The van der Waals surface area contributed by atoms with Crippen molar-refractivity contribution in [1.82, 2.24) is 9.88 Å². The van der Waals surface area contributed by atoms with Gasteiger partial charge in [0.15, 0.2) is 11.2 Å². The third-order valence-corrected chi connectivity index (χ3v) is 5.16. The van der Waals surface area contributed by atoms with Crippen molar-refractivity contribution in [2.24, 2.45) is 0 Å². The molecule has 2 heterocycles. The van der Waals surface area contributed by atoms with Gasteiger partial charge in [0, 0.05) is 11.9 Å². The SMILES string of the molecule is COc1ccc(OC(C)C(=O)Nc2nc(CN3CCCCC3)cs2)cc1. The van der Waals surface area contributed by atoms with Crippen molar-refractivity contribution in [3.63, 3.8) is 0 Å². The van der Waals surface area contributed by atoms with Crippen LogP contribution in [0.3, 0.4) is 0 Å². The number of hydrogen-bond acceptors (Lipinski definition) is 6. The first kappa shape index (κ1) is 18.7. The second kappa shape index (κ2) is 9.00. The maximum absolute atomic E-state index is 12.3. The number of hydrogen-bond donors (Lipinski definition) is 1. The van der Waals surface area contributed by atoms with Crippen LogP contribution in [0.25, 0.3) is 0 Å². The molecule has 6 nitrogen and oxygen atoms in total. The highest BCUT2D eigenvalue weighted by Gasteiger charge is 2.17. The number of methoxy groups -OCH3 is 1. The summed E-state index contributed by atoms with van der Waals surface area (Å²) in [5.41, 5.74) is 1.01. The second-order valence-electron chi connectivity index (χ2n) is 6.41. The van der Waals surface area contributed by atoms with Crippen LogP contribution in [0, 0.1) is 0 Å². The number of aromatic nitrogens is 1. The standard InChI is InChI=1S/C19H25N3O3S/c1-14(25-17-8-6-16(24-2)7-9-17)18(23)21-19-20-15(13-26-19)12-22-10-4-3-5-11-22/h6-9,13-14H,3-5,10-12H2,1-2H3,(H,20,21,23). The molecule has 0 saturated carbocycles. The Morgan fingerprint density at radius 3 is 2.62 bits per heavy atom.